The van der Waals surface area contributed by atoms with Crippen molar-refractivity contribution in [1.82, 2.24) is 20.4 Å². The maximum Gasteiger partial charge on any atom is 0.275 e. The summed E-state index contributed by atoms with van der Waals surface area (Å²) in [5.74, 6) is -0.331. The molecule has 0 spiro atoms. The smallest absolute Gasteiger partial charge is 0.275 e. The molecule has 0 radical (unpaired) electrons. The lowest BCUT2D eigenvalue weighted by atomic mass is 10.3. The summed E-state index contributed by atoms with van der Waals surface area (Å²) in [6.07, 6.45) is 1.39. The standard InChI is InChI=1S/C9H12N6O/c1-4-7(5(2)14-13-4)12-9(16)8-6(10)3-11-15-8/h3H,10H2,1-2H3,(H,11,15)(H,12,16)(H,13,14). The first-order valence-corrected chi connectivity index (χ1v) is 4.71. The fourth-order valence-corrected chi connectivity index (χ4v) is 1.39. The first kappa shape index (κ1) is 10.2. The van der Waals surface area contributed by atoms with Crippen molar-refractivity contribution in [3.05, 3.63) is 23.3 Å². The number of hydrogen-bond acceptors (Lipinski definition) is 4. The van der Waals surface area contributed by atoms with Crippen LogP contribution in [0.5, 0.6) is 0 Å². The number of rotatable bonds is 2. The molecule has 1 amide bonds. The Morgan fingerprint density at radius 2 is 2.19 bits per heavy atom. The van der Waals surface area contributed by atoms with Crippen LogP contribution in [0.1, 0.15) is 21.9 Å². The predicted octanol–water partition coefficient (Wildman–Crippen LogP) is 0.584. The van der Waals surface area contributed by atoms with E-state index < -0.39 is 0 Å². The predicted molar refractivity (Wildman–Crippen MR) is 59.0 cm³/mol. The zero-order chi connectivity index (χ0) is 11.7. The number of hydrogen-bond donors (Lipinski definition) is 4. The van der Waals surface area contributed by atoms with E-state index in [1.165, 1.54) is 6.20 Å². The summed E-state index contributed by atoms with van der Waals surface area (Å²) in [5, 5.41) is 15.7. The minimum Gasteiger partial charge on any atom is -0.396 e. The van der Waals surface area contributed by atoms with Crippen LogP contribution in [0.4, 0.5) is 11.4 Å². The van der Waals surface area contributed by atoms with E-state index >= 15 is 0 Å². The molecular formula is C9H12N6O. The minimum atomic E-state index is -0.331. The van der Waals surface area contributed by atoms with Crippen molar-refractivity contribution in [3.8, 4) is 0 Å². The second kappa shape index (κ2) is 3.69. The Morgan fingerprint density at radius 1 is 1.44 bits per heavy atom. The van der Waals surface area contributed by atoms with Gasteiger partial charge in [-0.1, -0.05) is 0 Å². The lowest BCUT2D eigenvalue weighted by Crippen LogP contribution is -2.15. The molecule has 0 unspecified atom stereocenters. The Morgan fingerprint density at radius 3 is 2.69 bits per heavy atom. The van der Waals surface area contributed by atoms with Gasteiger partial charge in [0.05, 0.1) is 29.0 Å². The number of H-pyrrole nitrogens is 2. The van der Waals surface area contributed by atoms with Gasteiger partial charge in [-0.3, -0.25) is 15.0 Å². The molecule has 84 valence electrons. The van der Waals surface area contributed by atoms with Crippen molar-refractivity contribution in [2.24, 2.45) is 0 Å². The van der Waals surface area contributed by atoms with Gasteiger partial charge in [-0.2, -0.15) is 10.2 Å². The van der Waals surface area contributed by atoms with E-state index in [9.17, 15) is 4.79 Å². The molecule has 7 nitrogen and oxygen atoms in total. The number of amides is 1. The van der Waals surface area contributed by atoms with E-state index in [1.807, 2.05) is 6.92 Å². The molecule has 0 aliphatic carbocycles. The Kier molecular flexibility index (Phi) is 2.35. The zero-order valence-corrected chi connectivity index (χ0v) is 8.96. The first-order valence-electron chi connectivity index (χ1n) is 4.71. The monoisotopic (exact) mass is 220 g/mol. The van der Waals surface area contributed by atoms with Crippen LogP contribution in [-0.2, 0) is 0 Å². The van der Waals surface area contributed by atoms with Gasteiger partial charge in [0.1, 0.15) is 5.69 Å². The number of carbonyl (C=O) groups excluding carboxylic acids is 1. The third kappa shape index (κ3) is 1.62. The molecule has 2 rings (SSSR count). The number of aryl methyl sites for hydroxylation is 2. The van der Waals surface area contributed by atoms with Crippen LogP contribution in [-0.4, -0.2) is 26.3 Å². The maximum atomic E-state index is 11.8. The largest absolute Gasteiger partial charge is 0.396 e. The van der Waals surface area contributed by atoms with Crippen LogP contribution in [0, 0.1) is 13.8 Å². The van der Waals surface area contributed by atoms with Crippen LogP contribution in [0.15, 0.2) is 6.20 Å². The van der Waals surface area contributed by atoms with E-state index in [2.05, 4.69) is 25.7 Å². The van der Waals surface area contributed by atoms with Crippen LogP contribution in [0.2, 0.25) is 0 Å². The van der Waals surface area contributed by atoms with Gasteiger partial charge < -0.3 is 11.1 Å². The lowest BCUT2D eigenvalue weighted by Gasteiger charge is -2.03. The molecule has 7 heteroatoms. The summed E-state index contributed by atoms with van der Waals surface area (Å²) in [5.41, 5.74) is 8.32. The number of nitrogens with one attached hydrogen (secondary N) is 3. The summed E-state index contributed by atoms with van der Waals surface area (Å²) in [6, 6.07) is 0. The van der Waals surface area contributed by atoms with Gasteiger partial charge in [-0.25, -0.2) is 0 Å². The number of carbonyl (C=O) groups is 1. The number of aromatic nitrogens is 4. The van der Waals surface area contributed by atoms with Crippen molar-refractivity contribution in [2.75, 3.05) is 11.1 Å². The molecule has 16 heavy (non-hydrogen) atoms. The average Bonchev–Trinajstić information content (AvgIpc) is 2.79. The lowest BCUT2D eigenvalue weighted by molar-refractivity contribution is 0.102. The summed E-state index contributed by atoms with van der Waals surface area (Å²) >= 11 is 0. The van der Waals surface area contributed by atoms with Gasteiger partial charge in [0, 0.05) is 0 Å². The highest BCUT2D eigenvalue weighted by Crippen LogP contribution is 2.17. The number of nitrogen functional groups attached to an aromatic ring is 1. The van der Waals surface area contributed by atoms with E-state index in [4.69, 9.17) is 5.73 Å². The molecule has 0 fully saturated rings. The topological polar surface area (TPSA) is 112 Å². The van der Waals surface area contributed by atoms with E-state index in [0.29, 0.717) is 11.4 Å². The molecule has 0 saturated carbocycles. The van der Waals surface area contributed by atoms with Crippen molar-refractivity contribution in [1.29, 1.82) is 0 Å². The quantitative estimate of drug-likeness (QED) is 0.593. The highest BCUT2D eigenvalue weighted by Gasteiger charge is 2.15. The van der Waals surface area contributed by atoms with E-state index in [1.54, 1.807) is 6.92 Å². The van der Waals surface area contributed by atoms with E-state index in [0.717, 1.165) is 11.4 Å². The molecule has 0 bridgehead atoms. The molecule has 0 atom stereocenters. The van der Waals surface area contributed by atoms with Gasteiger partial charge >= 0.3 is 0 Å². The van der Waals surface area contributed by atoms with Gasteiger partial charge in [-0.05, 0) is 13.8 Å². The Hall–Kier alpha value is -2.31. The summed E-state index contributed by atoms with van der Waals surface area (Å²) in [6.45, 7) is 3.63. The molecule has 0 aliphatic heterocycles. The van der Waals surface area contributed by atoms with Crippen LogP contribution in [0.25, 0.3) is 0 Å². The third-order valence-corrected chi connectivity index (χ3v) is 2.26. The second-order valence-electron chi connectivity index (χ2n) is 3.46. The fraction of sp³-hybridized carbons (Fsp3) is 0.222. The molecule has 2 aromatic rings. The Labute approximate surface area is 91.4 Å². The fourth-order valence-electron chi connectivity index (χ4n) is 1.39. The van der Waals surface area contributed by atoms with Crippen LogP contribution >= 0.6 is 0 Å². The number of nitrogens with two attached hydrogens (primary N) is 1. The molecule has 0 saturated heterocycles. The first-order chi connectivity index (χ1) is 7.59. The van der Waals surface area contributed by atoms with Gasteiger partial charge in [0.2, 0.25) is 0 Å². The molecule has 0 aliphatic rings. The highest BCUT2D eigenvalue weighted by molar-refractivity contribution is 6.06. The van der Waals surface area contributed by atoms with Gasteiger partial charge in [0.25, 0.3) is 5.91 Å². The van der Waals surface area contributed by atoms with Gasteiger partial charge in [0.15, 0.2) is 0 Å². The number of anilines is 2. The second-order valence-corrected chi connectivity index (χ2v) is 3.46. The minimum absolute atomic E-state index is 0.250. The molecular weight excluding hydrogens is 208 g/mol. The van der Waals surface area contributed by atoms with Crippen molar-refractivity contribution in [2.45, 2.75) is 13.8 Å². The van der Waals surface area contributed by atoms with Crippen LogP contribution in [0.3, 0.4) is 0 Å². The Bertz CT molecular complexity index is 506. The molecule has 2 aromatic heterocycles. The third-order valence-electron chi connectivity index (χ3n) is 2.26. The number of aromatic amines is 2. The zero-order valence-electron chi connectivity index (χ0n) is 8.96. The summed E-state index contributed by atoms with van der Waals surface area (Å²) < 4.78 is 0. The average molecular weight is 220 g/mol. The molecule has 0 aromatic carbocycles. The van der Waals surface area contributed by atoms with E-state index in [-0.39, 0.29) is 11.6 Å². The molecule has 5 N–H and O–H groups in total. The van der Waals surface area contributed by atoms with Crippen molar-refractivity contribution in [3.63, 3.8) is 0 Å². The SMILES string of the molecule is Cc1n[nH]c(C)c1NC(=O)c1[nH]ncc1N. The molecule has 2 heterocycles. The normalized spacial score (nSPS) is 10.4. The summed E-state index contributed by atoms with van der Waals surface area (Å²) in [7, 11) is 0. The summed E-state index contributed by atoms with van der Waals surface area (Å²) in [4.78, 5) is 11.8. The number of nitrogens with zero attached hydrogens (tertiary/aromatic N) is 2. The van der Waals surface area contributed by atoms with Crippen LogP contribution < -0.4 is 11.1 Å². The maximum absolute atomic E-state index is 11.8. The van der Waals surface area contributed by atoms with Crippen molar-refractivity contribution >= 4 is 17.3 Å². The van der Waals surface area contributed by atoms with Gasteiger partial charge in [-0.15, -0.1) is 0 Å². The highest BCUT2D eigenvalue weighted by atomic mass is 16.2. The Balaban J connectivity index is 2.24. The van der Waals surface area contributed by atoms with Crippen molar-refractivity contribution < 1.29 is 4.79 Å².